The summed E-state index contributed by atoms with van der Waals surface area (Å²) in [6.45, 7) is 0. The van der Waals surface area contributed by atoms with Crippen LogP contribution in [-0.4, -0.2) is 19.4 Å². The van der Waals surface area contributed by atoms with Gasteiger partial charge in [0.25, 0.3) is 0 Å². The van der Waals surface area contributed by atoms with Gasteiger partial charge in [-0.05, 0) is 40.8 Å². The predicted octanol–water partition coefficient (Wildman–Crippen LogP) is 1.89. The first-order valence-electron chi connectivity index (χ1n) is 3.52. The highest BCUT2D eigenvalue weighted by Crippen LogP contribution is 2.13. The van der Waals surface area contributed by atoms with Crippen molar-refractivity contribution in [2.75, 3.05) is 7.11 Å². The number of hydrogen-bond donors (Lipinski definition) is 0. The fourth-order valence-corrected chi connectivity index (χ4v) is 1.51. The SMILES string of the molecule is COC(=O)c1ccc(C=O)c(I)c1. The fraction of sp³-hybridized carbons (Fsp3) is 0.111. The average molecular weight is 290 g/mol. The van der Waals surface area contributed by atoms with Crippen molar-refractivity contribution in [1.82, 2.24) is 0 Å². The van der Waals surface area contributed by atoms with E-state index in [1.165, 1.54) is 7.11 Å². The van der Waals surface area contributed by atoms with Gasteiger partial charge in [-0.1, -0.05) is 0 Å². The molecule has 13 heavy (non-hydrogen) atoms. The lowest BCUT2D eigenvalue weighted by Gasteiger charge is -2.00. The molecule has 4 heteroatoms. The first-order chi connectivity index (χ1) is 6.19. The zero-order chi connectivity index (χ0) is 9.84. The predicted molar refractivity (Wildman–Crippen MR) is 55.9 cm³/mol. The molecule has 0 radical (unpaired) electrons. The second kappa shape index (κ2) is 4.36. The van der Waals surface area contributed by atoms with Gasteiger partial charge in [-0.3, -0.25) is 4.79 Å². The molecule has 1 aromatic carbocycles. The van der Waals surface area contributed by atoms with Gasteiger partial charge in [-0.15, -0.1) is 0 Å². The van der Waals surface area contributed by atoms with Gasteiger partial charge in [0.1, 0.15) is 0 Å². The van der Waals surface area contributed by atoms with E-state index in [4.69, 9.17) is 0 Å². The fourth-order valence-electron chi connectivity index (χ4n) is 0.868. The molecule has 0 aliphatic heterocycles. The van der Waals surface area contributed by atoms with Crippen LogP contribution in [0.4, 0.5) is 0 Å². The third-order valence-corrected chi connectivity index (χ3v) is 2.48. The second-order valence-corrected chi connectivity index (χ2v) is 3.51. The number of halogens is 1. The molecule has 0 heterocycles. The lowest BCUT2D eigenvalue weighted by Crippen LogP contribution is -2.02. The van der Waals surface area contributed by atoms with Gasteiger partial charge in [-0.25, -0.2) is 4.79 Å². The Morgan fingerprint density at radius 3 is 2.69 bits per heavy atom. The summed E-state index contributed by atoms with van der Waals surface area (Å²) in [5.74, 6) is -0.393. The van der Waals surface area contributed by atoms with Crippen LogP contribution in [0.5, 0.6) is 0 Å². The zero-order valence-corrected chi connectivity index (χ0v) is 9.07. The highest BCUT2D eigenvalue weighted by atomic mass is 127. The van der Waals surface area contributed by atoms with Crippen molar-refractivity contribution in [2.45, 2.75) is 0 Å². The number of rotatable bonds is 2. The van der Waals surface area contributed by atoms with Gasteiger partial charge < -0.3 is 4.74 Å². The van der Waals surface area contributed by atoms with Crippen LogP contribution in [0, 0.1) is 3.57 Å². The third kappa shape index (κ3) is 2.27. The van der Waals surface area contributed by atoms with Gasteiger partial charge in [0.05, 0.1) is 12.7 Å². The topological polar surface area (TPSA) is 43.4 Å². The molecule has 0 unspecified atom stereocenters. The summed E-state index contributed by atoms with van der Waals surface area (Å²) in [5.41, 5.74) is 1.03. The Morgan fingerprint density at radius 1 is 1.54 bits per heavy atom. The highest BCUT2D eigenvalue weighted by Gasteiger charge is 2.07. The highest BCUT2D eigenvalue weighted by molar-refractivity contribution is 14.1. The van der Waals surface area contributed by atoms with Crippen LogP contribution in [0.25, 0.3) is 0 Å². The number of carbonyl (C=O) groups is 2. The molecule has 0 N–H and O–H groups in total. The number of ether oxygens (including phenoxy) is 1. The molecule has 0 bridgehead atoms. The van der Waals surface area contributed by atoms with E-state index >= 15 is 0 Å². The smallest absolute Gasteiger partial charge is 0.337 e. The minimum Gasteiger partial charge on any atom is -0.465 e. The number of benzene rings is 1. The molecule has 0 aliphatic rings. The van der Waals surface area contributed by atoms with Gasteiger partial charge in [-0.2, -0.15) is 0 Å². The van der Waals surface area contributed by atoms with E-state index in [2.05, 4.69) is 4.74 Å². The van der Waals surface area contributed by atoms with Crippen molar-refractivity contribution in [3.63, 3.8) is 0 Å². The Kier molecular flexibility index (Phi) is 3.41. The van der Waals surface area contributed by atoms with Crippen LogP contribution in [0.3, 0.4) is 0 Å². The molecule has 0 saturated heterocycles. The monoisotopic (exact) mass is 290 g/mol. The van der Waals surface area contributed by atoms with E-state index in [1.807, 2.05) is 22.6 Å². The van der Waals surface area contributed by atoms with Gasteiger partial charge in [0, 0.05) is 9.13 Å². The Labute approximate surface area is 89.2 Å². The van der Waals surface area contributed by atoms with Crippen molar-refractivity contribution in [3.05, 3.63) is 32.9 Å². The maximum atomic E-state index is 11.1. The van der Waals surface area contributed by atoms with E-state index in [-0.39, 0.29) is 0 Å². The van der Waals surface area contributed by atoms with Crippen LogP contribution in [0.2, 0.25) is 0 Å². The van der Waals surface area contributed by atoms with E-state index in [0.717, 1.165) is 9.86 Å². The molecule has 3 nitrogen and oxygen atoms in total. The molecule has 0 spiro atoms. The summed E-state index contributed by atoms with van der Waals surface area (Å²) in [6.07, 6.45) is 0.753. The first kappa shape index (κ1) is 10.2. The summed E-state index contributed by atoms with van der Waals surface area (Å²) in [4.78, 5) is 21.5. The van der Waals surface area contributed by atoms with Crippen molar-refractivity contribution in [1.29, 1.82) is 0 Å². The summed E-state index contributed by atoms with van der Waals surface area (Å²) >= 11 is 2.00. The normalized spacial score (nSPS) is 9.38. The van der Waals surface area contributed by atoms with Crippen molar-refractivity contribution in [2.24, 2.45) is 0 Å². The molecule has 0 aliphatic carbocycles. The standard InChI is InChI=1S/C9H7IO3/c1-13-9(12)6-2-3-7(5-11)8(10)4-6/h2-5H,1H3. The Bertz CT molecular complexity index is 347. The van der Waals surface area contributed by atoms with E-state index in [0.29, 0.717) is 11.1 Å². The number of carbonyl (C=O) groups excluding carboxylic acids is 2. The molecule has 68 valence electrons. The van der Waals surface area contributed by atoms with Gasteiger partial charge >= 0.3 is 5.97 Å². The van der Waals surface area contributed by atoms with Crippen LogP contribution >= 0.6 is 22.6 Å². The number of esters is 1. The molecule has 0 aromatic heterocycles. The maximum absolute atomic E-state index is 11.1. The average Bonchev–Trinajstić information content (AvgIpc) is 2.16. The van der Waals surface area contributed by atoms with Crippen molar-refractivity contribution >= 4 is 34.8 Å². The zero-order valence-electron chi connectivity index (χ0n) is 6.91. The summed E-state index contributed by atoms with van der Waals surface area (Å²) in [5, 5.41) is 0. The van der Waals surface area contributed by atoms with Crippen LogP contribution < -0.4 is 0 Å². The molecule has 1 rings (SSSR count). The molecule has 0 amide bonds. The van der Waals surface area contributed by atoms with Gasteiger partial charge in [0.15, 0.2) is 6.29 Å². The summed E-state index contributed by atoms with van der Waals surface area (Å²) in [6, 6.07) is 4.79. The molecule has 1 aromatic rings. The van der Waals surface area contributed by atoms with E-state index in [9.17, 15) is 9.59 Å². The summed E-state index contributed by atoms with van der Waals surface area (Å²) < 4.78 is 5.28. The lowest BCUT2D eigenvalue weighted by molar-refractivity contribution is 0.0600. The van der Waals surface area contributed by atoms with Crippen LogP contribution in [0.1, 0.15) is 20.7 Å². The minimum atomic E-state index is -0.393. The first-order valence-corrected chi connectivity index (χ1v) is 4.60. The largest absolute Gasteiger partial charge is 0.465 e. The molecular weight excluding hydrogens is 283 g/mol. The lowest BCUT2D eigenvalue weighted by atomic mass is 10.1. The Hall–Kier alpha value is -0.910. The van der Waals surface area contributed by atoms with Crippen LogP contribution in [0.15, 0.2) is 18.2 Å². The molecule has 0 saturated carbocycles. The number of hydrogen-bond acceptors (Lipinski definition) is 3. The number of methoxy groups -OCH3 is 1. The minimum absolute atomic E-state index is 0.393. The van der Waals surface area contributed by atoms with E-state index < -0.39 is 5.97 Å². The Balaban J connectivity index is 3.09. The third-order valence-electron chi connectivity index (χ3n) is 1.55. The number of aldehydes is 1. The van der Waals surface area contributed by atoms with Crippen LogP contribution in [-0.2, 0) is 4.74 Å². The van der Waals surface area contributed by atoms with Crippen molar-refractivity contribution in [3.8, 4) is 0 Å². The molecule has 0 atom stereocenters. The summed E-state index contributed by atoms with van der Waals surface area (Å²) in [7, 11) is 1.32. The van der Waals surface area contributed by atoms with Crippen molar-refractivity contribution < 1.29 is 14.3 Å². The molecular formula is C9H7IO3. The quantitative estimate of drug-likeness (QED) is 0.474. The second-order valence-electron chi connectivity index (χ2n) is 2.35. The van der Waals surface area contributed by atoms with Gasteiger partial charge in [0.2, 0.25) is 0 Å². The Morgan fingerprint density at radius 2 is 2.23 bits per heavy atom. The molecule has 0 fully saturated rings. The maximum Gasteiger partial charge on any atom is 0.337 e. The van der Waals surface area contributed by atoms with E-state index in [1.54, 1.807) is 18.2 Å².